The molecule has 182 valence electrons. The molecule has 0 aliphatic heterocycles. The Morgan fingerprint density at radius 3 is 2.26 bits per heavy atom. The van der Waals surface area contributed by atoms with E-state index in [1.165, 1.54) is 16.7 Å². The van der Waals surface area contributed by atoms with Crippen molar-refractivity contribution in [2.75, 3.05) is 6.61 Å². The number of fused-ring (bicyclic) bond motifs is 1. The Balaban J connectivity index is 2.06. The maximum atomic E-state index is 13.8. The van der Waals surface area contributed by atoms with Gasteiger partial charge in [0.25, 0.3) is 5.91 Å². The lowest BCUT2D eigenvalue weighted by atomic mass is 10.1. The van der Waals surface area contributed by atoms with Gasteiger partial charge in [0.15, 0.2) is 11.9 Å². The summed E-state index contributed by atoms with van der Waals surface area (Å²) in [5.74, 6) is -2.92. The number of alkyl halides is 3. The molecule has 0 aliphatic carbocycles. The molecule has 1 unspecified atom stereocenters. The second-order valence-corrected chi connectivity index (χ2v) is 8.15. The van der Waals surface area contributed by atoms with Crippen molar-refractivity contribution in [3.63, 3.8) is 0 Å². The Labute approximate surface area is 205 Å². The molecule has 1 N–H and O–H groups in total. The number of halogens is 7. The molecule has 0 fully saturated rings. The number of carbonyl (C=O) groups is 2. The molecule has 0 radical (unpaired) electrons. The number of benzene rings is 1. The molecule has 13 heteroatoms. The van der Waals surface area contributed by atoms with Crippen molar-refractivity contribution in [2.45, 2.75) is 32.6 Å². The van der Waals surface area contributed by atoms with Gasteiger partial charge < -0.3 is 14.6 Å². The van der Waals surface area contributed by atoms with Crippen LogP contribution in [0.1, 0.15) is 46.3 Å². The lowest BCUT2D eigenvalue weighted by Crippen LogP contribution is -2.39. The zero-order chi connectivity index (χ0) is 25.4. The minimum absolute atomic E-state index is 0.0556. The Hall–Kier alpha value is -2.56. The average molecular weight is 541 g/mol. The van der Waals surface area contributed by atoms with Gasteiger partial charge in [0, 0.05) is 11.9 Å². The number of carbonyl (C=O) groups excluding carboxylic acids is 2. The molecule has 3 rings (SSSR count). The molecule has 0 saturated heterocycles. The van der Waals surface area contributed by atoms with Crippen LogP contribution < -0.4 is 5.32 Å². The number of rotatable bonds is 6. The predicted molar refractivity (Wildman–Crippen MR) is 119 cm³/mol. The summed E-state index contributed by atoms with van der Waals surface area (Å²) in [4.78, 5) is 29.2. The van der Waals surface area contributed by atoms with E-state index in [0.717, 1.165) is 12.1 Å². The first kappa shape index (κ1) is 26.1. The highest BCUT2D eigenvalue weighted by atomic mass is 35.5. The van der Waals surface area contributed by atoms with Crippen molar-refractivity contribution in [3.8, 4) is 0 Å². The Morgan fingerprint density at radius 1 is 1.12 bits per heavy atom. The van der Waals surface area contributed by atoms with Crippen LogP contribution in [-0.2, 0) is 11.3 Å². The number of nitrogens with one attached hydrogen (secondary N) is 1. The molecule has 34 heavy (non-hydrogen) atoms. The number of amides is 1. The van der Waals surface area contributed by atoms with Crippen molar-refractivity contribution >= 4 is 57.7 Å². The third-order valence-electron chi connectivity index (χ3n) is 4.81. The predicted octanol–water partition coefficient (Wildman–Crippen LogP) is 6.37. The zero-order valence-corrected chi connectivity index (χ0v) is 19.8. The maximum Gasteiger partial charge on any atom is 0.412 e. The van der Waals surface area contributed by atoms with Crippen LogP contribution in [0.3, 0.4) is 0 Å². The molecule has 0 bridgehead atoms. The smallest absolute Gasteiger partial charge is 0.412 e. The Morgan fingerprint density at radius 2 is 1.74 bits per heavy atom. The average Bonchev–Trinajstić information content (AvgIpc) is 3.11. The molecule has 0 spiro atoms. The number of pyridine rings is 1. The topological polar surface area (TPSA) is 73.2 Å². The fraction of sp³-hybridized carbons (Fsp3) is 0.286. The molecular formula is C21H16Cl3F4N3O3. The lowest BCUT2D eigenvalue weighted by Gasteiger charge is -2.23. The molecule has 3 aromatic rings. The summed E-state index contributed by atoms with van der Waals surface area (Å²) in [7, 11) is 0. The molecule has 1 amide bonds. The van der Waals surface area contributed by atoms with Crippen molar-refractivity contribution in [1.29, 1.82) is 0 Å². The number of ether oxygens (including phenoxy) is 1. The molecule has 0 aliphatic rings. The van der Waals surface area contributed by atoms with E-state index >= 15 is 0 Å². The van der Waals surface area contributed by atoms with Crippen LogP contribution in [0.25, 0.3) is 11.0 Å². The monoisotopic (exact) mass is 539 g/mol. The molecule has 2 heterocycles. The van der Waals surface area contributed by atoms with Gasteiger partial charge in [-0.15, -0.1) is 0 Å². The third kappa shape index (κ3) is 5.08. The van der Waals surface area contributed by atoms with Gasteiger partial charge in [-0.25, -0.2) is 14.2 Å². The maximum absolute atomic E-state index is 13.8. The van der Waals surface area contributed by atoms with Crippen molar-refractivity contribution in [2.24, 2.45) is 0 Å². The number of aromatic nitrogens is 2. The largest absolute Gasteiger partial charge is 0.462 e. The van der Waals surface area contributed by atoms with E-state index in [-0.39, 0.29) is 40.6 Å². The number of hydrogen-bond acceptors (Lipinski definition) is 4. The van der Waals surface area contributed by atoms with Gasteiger partial charge in [0.1, 0.15) is 16.5 Å². The number of aryl methyl sites for hydroxylation is 1. The fourth-order valence-electron chi connectivity index (χ4n) is 3.32. The minimum Gasteiger partial charge on any atom is -0.462 e. The second kappa shape index (κ2) is 9.97. The van der Waals surface area contributed by atoms with Crippen LogP contribution in [-0.4, -0.2) is 34.2 Å². The standard InChI is InChI=1S/C21H16Cl3F4N3O3/c1-3-31-14(8-10-5-11(20(33)34-4-2)17(24)30-18(10)31)19(32)29-16(21(26,27)28)9-6-12(22)15(25)13(23)7-9/h5-8,16H,3-4H2,1-2H3,(H,29,32). The highest BCUT2D eigenvalue weighted by molar-refractivity contribution is 6.35. The Bertz CT molecular complexity index is 1250. The fourth-order valence-corrected chi connectivity index (χ4v) is 4.04. The minimum atomic E-state index is -4.96. The van der Waals surface area contributed by atoms with Crippen LogP contribution in [0, 0.1) is 5.82 Å². The van der Waals surface area contributed by atoms with Gasteiger partial charge >= 0.3 is 12.1 Å². The van der Waals surface area contributed by atoms with Gasteiger partial charge in [-0.05, 0) is 43.7 Å². The molecule has 6 nitrogen and oxygen atoms in total. The SMILES string of the molecule is CCOC(=O)c1cc2cc(C(=O)NC(c3cc(Cl)c(F)c(Cl)c3)C(F)(F)F)n(CC)c2nc1Cl. The third-order valence-corrected chi connectivity index (χ3v) is 5.65. The van der Waals surface area contributed by atoms with E-state index in [1.54, 1.807) is 13.8 Å². The van der Waals surface area contributed by atoms with Crippen LogP contribution in [0.4, 0.5) is 17.6 Å². The van der Waals surface area contributed by atoms with E-state index in [0.29, 0.717) is 0 Å². The van der Waals surface area contributed by atoms with Gasteiger partial charge in [0.2, 0.25) is 0 Å². The van der Waals surface area contributed by atoms with Gasteiger partial charge in [-0.3, -0.25) is 4.79 Å². The quantitative estimate of drug-likeness (QED) is 0.171. The summed E-state index contributed by atoms with van der Waals surface area (Å²) in [6.07, 6.45) is -4.96. The highest BCUT2D eigenvalue weighted by Gasteiger charge is 2.43. The molecule has 2 aromatic heterocycles. The highest BCUT2D eigenvalue weighted by Crippen LogP contribution is 2.37. The van der Waals surface area contributed by atoms with Crippen LogP contribution >= 0.6 is 34.8 Å². The summed E-state index contributed by atoms with van der Waals surface area (Å²) in [5.41, 5.74) is -0.597. The first-order valence-corrected chi connectivity index (χ1v) is 10.9. The van der Waals surface area contributed by atoms with E-state index < -0.39 is 45.5 Å². The zero-order valence-electron chi connectivity index (χ0n) is 17.6. The van der Waals surface area contributed by atoms with Crippen LogP contribution in [0.2, 0.25) is 15.2 Å². The van der Waals surface area contributed by atoms with Gasteiger partial charge in [-0.2, -0.15) is 13.2 Å². The summed E-state index contributed by atoms with van der Waals surface area (Å²) in [6.45, 7) is 3.49. The van der Waals surface area contributed by atoms with E-state index in [2.05, 4.69) is 4.98 Å². The normalized spacial score (nSPS) is 12.6. The molecular weight excluding hydrogens is 525 g/mol. The van der Waals surface area contributed by atoms with E-state index in [4.69, 9.17) is 39.5 Å². The summed E-state index contributed by atoms with van der Waals surface area (Å²) in [5, 5.41) is 0.745. The Kier molecular flexibility index (Phi) is 7.64. The van der Waals surface area contributed by atoms with E-state index in [1.807, 2.05) is 5.32 Å². The number of nitrogens with zero attached hydrogens (tertiary/aromatic N) is 2. The summed E-state index contributed by atoms with van der Waals surface area (Å²) < 4.78 is 61.4. The van der Waals surface area contributed by atoms with Crippen LogP contribution in [0.15, 0.2) is 24.3 Å². The second-order valence-electron chi connectivity index (χ2n) is 6.98. The first-order valence-electron chi connectivity index (χ1n) is 9.77. The van der Waals surface area contributed by atoms with Crippen molar-refractivity contribution in [3.05, 3.63) is 62.1 Å². The number of hydrogen-bond donors (Lipinski definition) is 1. The first-order chi connectivity index (χ1) is 15.9. The van der Waals surface area contributed by atoms with Gasteiger partial charge in [-0.1, -0.05) is 34.8 Å². The van der Waals surface area contributed by atoms with Crippen molar-refractivity contribution in [1.82, 2.24) is 14.9 Å². The van der Waals surface area contributed by atoms with Crippen LogP contribution in [0.5, 0.6) is 0 Å². The molecule has 0 saturated carbocycles. The number of esters is 1. The molecule has 1 aromatic carbocycles. The lowest BCUT2D eigenvalue weighted by molar-refractivity contribution is -0.155. The molecule has 1 atom stereocenters. The summed E-state index contributed by atoms with van der Waals surface area (Å²) in [6, 6.07) is 1.56. The van der Waals surface area contributed by atoms with E-state index in [9.17, 15) is 27.2 Å². The van der Waals surface area contributed by atoms with Gasteiger partial charge in [0.05, 0.1) is 22.2 Å². The summed E-state index contributed by atoms with van der Waals surface area (Å²) >= 11 is 17.4. The van der Waals surface area contributed by atoms with Crippen molar-refractivity contribution < 1.29 is 31.9 Å².